The molecule has 1 fully saturated rings. The number of fused-ring (bicyclic) bond motifs is 1. The fourth-order valence-electron chi connectivity index (χ4n) is 3.37. The van der Waals surface area contributed by atoms with Gasteiger partial charge in [0.1, 0.15) is 10.6 Å². The number of nitrogens with zero attached hydrogens (tertiary/aromatic N) is 2. The lowest BCUT2D eigenvalue weighted by Gasteiger charge is -2.19. The van der Waals surface area contributed by atoms with Gasteiger partial charge in [0.2, 0.25) is 15.9 Å². The van der Waals surface area contributed by atoms with Crippen molar-refractivity contribution in [1.29, 1.82) is 0 Å². The summed E-state index contributed by atoms with van der Waals surface area (Å²) in [7, 11) is -3.68. The zero-order valence-corrected chi connectivity index (χ0v) is 19.5. The lowest BCUT2D eigenvalue weighted by Crippen LogP contribution is -2.28. The Morgan fingerprint density at radius 2 is 2.00 bits per heavy atom. The molecule has 2 aromatic carbocycles. The molecule has 0 spiro atoms. The van der Waals surface area contributed by atoms with Gasteiger partial charge in [-0.25, -0.2) is 13.4 Å². The summed E-state index contributed by atoms with van der Waals surface area (Å²) in [6.07, 6.45) is 1.70. The molecule has 1 aliphatic rings. The van der Waals surface area contributed by atoms with Gasteiger partial charge in [0.15, 0.2) is 4.34 Å². The summed E-state index contributed by atoms with van der Waals surface area (Å²) in [5, 5.41) is 2.80. The van der Waals surface area contributed by atoms with Crippen LogP contribution in [0.3, 0.4) is 0 Å². The first kappa shape index (κ1) is 22.1. The molecule has 4 rings (SSSR count). The maximum absolute atomic E-state index is 13.1. The Bertz CT molecular complexity index is 1150. The van der Waals surface area contributed by atoms with E-state index in [1.54, 1.807) is 30.4 Å². The summed E-state index contributed by atoms with van der Waals surface area (Å²) in [6.45, 7) is 3.17. The second kappa shape index (κ2) is 9.56. The van der Waals surface area contributed by atoms with E-state index in [0.717, 1.165) is 27.4 Å². The molecular weight excluding hydrogens is 454 g/mol. The number of carbonyl (C=O) groups excluding carboxylic acids is 1. The summed E-state index contributed by atoms with van der Waals surface area (Å²) < 4.78 is 35.1. The minimum atomic E-state index is -3.68. The number of hydrogen-bond donors (Lipinski definition) is 1. The number of nitrogens with one attached hydrogen (secondary N) is 1. The zero-order valence-electron chi connectivity index (χ0n) is 17.0. The van der Waals surface area contributed by atoms with Crippen LogP contribution in [0.1, 0.15) is 19.8 Å². The molecule has 1 aromatic heterocycles. The average Bonchev–Trinajstić information content (AvgIpc) is 3.43. The van der Waals surface area contributed by atoms with E-state index in [4.69, 9.17) is 4.74 Å². The van der Waals surface area contributed by atoms with Crippen LogP contribution in [0.15, 0.2) is 51.7 Å². The molecule has 0 unspecified atom stereocenters. The van der Waals surface area contributed by atoms with Crippen LogP contribution in [0.5, 0.6) is 5.75 Å². The van der Waals surface area contributed by atoms with Crippen LogP contribution < -0.4 is 10.1 Å². The molecule has 0 bridgehead atoms. The third-order valence-corrected chi connectivity index (χ3v) is 8.91. The van der Waals surface area contributed by atoms with Crippen LogP contribution in [0, 0.1) is 0 Å². The molecule has 164 valence electrons. The lowest BCUT2D eigenvalue weighted by atomic mass is 10.3. The van der Waals surface area contributed by atoms with Crippen LogP contribution in [0.4, 0.5) is 5.69 Å². The molecule has 2 heterocycles. The molecular formula is C21H23N3O4S3. The molecule has 31 heavy (non-hydrogen) atoms. The topological polar surface area (TPSA) is 88.6 Å². The quantitative estimate of drug-likeness (QED) is 0.489. The SMILES string of the molecule is CCOc1ccc(NC(=O)CSc2nc3ccccc3s2)cc1S(=O)(=O)N1CCCC1. The van der Waals surface area contributed by atoms with Crippen molar-refractivity contribution in [3.8, 4) is 5.75 Å². The fraction of sp³-hybridized carbons (Fsp3) is 0.333. The van der Waals surface area contributed by atoms with Crippen molar-refractivity contribution in [3.05, 3.63) is 42.5 Å². The van der Waals surface area contributed by atoms with E-state index in [-0.39, 0.29) is 16.6 Å². The smallest absolute Gasteiger partial charge is 0.246 e. The summed E-state index contributed by atoms with van der Waals surface area (Å²) in [5.41, 5.74) is 1.34. The van der Waals surface area contributed by atoms with Crippen molar-refractivity contribution in [1.82, 2.24) is 9.29 Å². The van der Waals surface area contributed by atoms with E-state index in [1.807, 2.05) is 24.3 Å². The Hall–Kier alpha value is -2.14. The summed E-state index contributed by atoms with van der Waals surface area (Å²) in [5.74, 6) is 0.260. The number of thioether (sulfide) groups is 1. The second-order valence-electron chi connectivity index (χ2n) is 6.99. The standard InChI is InChI=1S/C21H23N3O4S3/c1-2-28-17-10-9-15(13-19(17)31(26,27)24-11-5-6-12-24)22-20(25)14-29-21-23-16-7-3-4-8-18(16)30-21/h3-4,7-10,13H,2,5-6,11-12,14H2,1H3,(H,22,25). The number of para-hydroxylation sites is 1. The molecule has 3 aromatic rings. The van der Waals surface area contributed by atoms with Gasteiger partial charge in [-0.3, -0.25) is 4.79 Å². The van der Waals surface area contributed by atoms with Crippen LogP contribution in [-0.4, -0.2) is 49.1 Å². The van der Waals surface area contributed by atoms with Crippen LogP contribution in [0.2, 0.25) is 0 Å². The predicted octanol–water partition coefficient (Wildman–Crippen LogP) is 4.21. The molecule has 1 saturated heterocycles. The van der Waals surface area contributed by atoms with E-state index in [0.29, 0.717) is 31.1 Å². The van der Waals surface area contributed by atoms with Gasteiger partial charge in [0.25, 0.3) is 0 Å². The van der Waals surface area contributed by atoms with Crippen LogP contribution in [-0.2, 0) is 14.8 Å². The van der Waals surface area contributed by atoms with Crippen molar-refractivity contribution in [2.24, 2.45) is 0 Å². The van der Waals surface area contributed by atoms with Crippen LogP contribution in [0.25, 0.3) is 10.2 Å². The Morgan fingerprint density at radius 3 is 2.74 bits per heavy atom. The van der Waals surface area contributed by atoms with Gasteiger partial charge in [0, 0.05) is 18.8 Å². The van der Waals surface area contributed by atoms with Crippen molar-refractivity contribution < 1.29 is 17.9 Å². The minimum Gasteiger partial charge on any atom is -0.492 e. The van der Waals surface area contributed by atoms with Gasteiger partial charge in [0.05, 0.1) is 22.6 Å². The number of rotatable bonds is 8. The number of carbonyl (C=O) groups is 1. The molecule has 0 aliphatic carbocycles. The van der Waals surface area contributed by atoms with E-state index >= 15 is 0 Å². The first-order chi connectivity index (χ1) is 15.0. The number of sulfonamides is 1. The number of thiazole rings is 1. The molecule has 10 heteroatoms. The van der Waals surface area contributed by atoms with Gasteiger partial charge < -0.3 is 10.1 Å². The highest BCUT2D eigenvalue weighted by molar-refractivity contribution is 8.01. The maximum Gasteiger partial charge on any atom is 0.246 e. The number of aromatic nitrogens is 1. The molecule has 7 nitrogen and oxygen atoms in total. The Balaban J connectivity index is 1.47. The minimum absolute atomic E-state index is 0.0906. The van der Waals surface area contributed by atoms with Gasteiger partial charge >= 0.3 is 0 Å². The van der Waals surface area contributed by atoms with E-state index in [2.05, 4.69) is 10.3 Å². The molecule has 0 radical (unpaired) electrons. The van der Waals surface area contributed by atoms with E-state index < -0.39 is 10.0 Å². The first-order valence-corrected chi connectivity index (χ1v) is 13.3. The third kappa shape index (κ3) is 5.03. The van der Waals surface area contributed by atoms with Gasteiger partial charge in [-0.1, -0.05) is 23.9 Å². The Labute approximate surface area is 189 Å². The summed E-state index contributed by atoms with van der Waals surface area (Å²) >= 11 is 2.90. The molecule has 1 aliphatic heterocycles. The highest BCUT2D eigenvalue weighted by Crippen LogP contribution is 2.32. The zero-order chi connectivity index (χ0) is 21.8. The Kier molecular flexibility index (Phi) is 6.80. The second-order valence-corrected chi connectivity index (χ2v) is 11.1. The highest BCUT2D eigenvalue weighted by atomic mass is 32.2. The van der Waals surface area contributed by atoms with Crippen LogP contribution >= 0.6 is 23.1 Å². The highest BCUT2D eigenvalue weighted by Gasteiger charge is 2.30. The molecule has 0 atom stereocenters. The molecule has 1 N–H and O–H groups in total. The van der Waals surface area contributed by atoms with Crippen molar-refractivity contribution >= 4 is 54.9 Å². The number of ether oxygens (including phenoxy) is 1. The summed E-state index contributed by atoms with van der Waals surface area (Å²) in [4.78, 5) is 17.1. The monoisotopic (exact) mass is 477 g/mol. The molecule has 1 amide bonds. The van der Waals surface area contributed by atoms with Crippen molar-refractivity contribution in [2.45, 2.75) is 29.0 Å². The first-order valence-electron chi connectivity index (χ1n) is 10.0. The van der Waals surface area contributed by atoms with E-state index in [9.17, 15) is 13.2 Å². The Morgan fingerprint density at radius 1 is 1.23 bits per heavy atom. The normalized spacial score (nSPS) is 14.7. The number of benzene rings is 2. The van der Waals surface area contributed by atoms with Crippen molar-refractivity contribution in [3.63, 3.8) is 0 Å². The van der Waals surface area contributed by atoms with Gasteiger partial charge in [-0.05, 0) is 50.1 Å². The van der Waals surface area contributed by atoms with Crippen molar-refractivity contribution in [2.75, 3.05) is 30.8 Å². The maximum atomic E-state index is 13.1. The fourth-order valence-corrected chi connectivity index (χ4v) is 6.91. The average molecular weight is 478 g/mol. The largest absolute Gasteiger partial charge is 0.492 e. The number of anilines is 1. The number of hydrogen-bond acceptors (Lipinski definition) is 7. The predicted molar refractivity (Wildman–Crippen MR) is 125 cm³/mol. The third-order valence-electron chi connectivity index (χ3n) is 4.81. The van der Waals surface area contributed by atoms with Gasteiger partial charge in [-0.15, -0.1) is 11.3 Å². The van der Waals surface area contributed by atoms with Gasteiger partial charge in [-0.2, -0.15) is 4.31 Å². The lowest BCUT2D eigenvalue weighted by molar-refractivity contribution is -0.113. The number of amides is 1. The molecule has 0 saturated carbocycles. The summed E-state index contributed by atoms with van der Waals surface area (Å²) in [6, 6.07) is 12.6. The van der Waals surface area contributed by atoms with E-state index in [1.165, 1.54) is 22.1 Å².